The summed E-state index contributed by atoms with van der Waals surface area (Å²) in [5.74, 6) is 0.684. The summed E-state index contributed by atoms with van der Waals surface area (Å²) in [5.41, 5.74) is 5.11. The van der Waals surface area contributed by atoms with Crippen LogP contribution in [-0.2, 0) is 9.59 Å². The molecule has 180 valence electrons. The van der Waals surface area contributed by atoms with Crippen LogP contribution in [0.25, 0.3) is 6.08 Å². The van der Waals surface area contributed by atoms with Crippen molar-refractivity contribution < 1.29 is 19.1 Å². The van der Waals surface area contributed by atoms with Gasteiger partial charge in [-0.1, -0.05) is 42.5 Å². The number of benzene rings is 3. The number of aryl methyl sites for hydroxylation is 2. The van der Waals surface area contributed by atoms with Gasteiger partial charge in [-0.25, -0.2) is 0 Å². The lowest BCUT2D eigenvalue weighted by Gasteiger charge is -2.41. The third-order valence-electron chi connectivity index (χ3n) is 6.39. The number of ether oxygens (including phenoxy) is 2. The Balaban J connectivity index is 1.85. The van der Waals surface area contributed by atoms with E-state index < -0.39 is 6.04 Å². The Labute approximate surface area is 206 Å². The van der Waals surface area contributed by atoms with Gasteiger partial charge in [0.05, 0.1) is 19.9 Å². The third kappa shape index (κ3) is 4.78. The van der Waals surface area contributed by atoms with Crippen LogP contribution in [-0.4, -0.2) is 38.6 Å². The van der Waals surface area contributed by atoms with Crippen LogP contribution in [0, 0.1) is 13.8 Å². The van der Waals surface area contributed by atoms with E-state index in [4.69, 9.17) is 9.47 Å². The van der Waals surface area contributed by atoms with Gasteiger partial charge in [0.1, 0.15) is 24.1 Å². The van der Waals surface area contributed by atoms with Gasteiger partial charge < -0.3 is 9.47 Å². The molecule has 0 saturated carbocycles. The zero-order valence-electron chi connectivity index (χ0n) is 20.7. The molecule has 0 spiro atoms. The van der Waals surface area contributed by atoms with Crippen molar-refractivity contribution in [1.29, 1.82) is 0 Å². The topological polar surface area (TPSA) is 59.1 Å². The first-order valence-corrected chi connectivity index (χ1v) is 11.5. The van der Waals surface area contributed by atoms with Gasteiger partial charge >= 0.3 is 0 Å². The first-order valence-electron chi connectivity index (χ1n) is 11.5. The molecule has 0 bridgehead atoms. The van der Waals surface area contributed by atoms with Crippen LogP contribution in [0.1, 0.15) is 23.6 Å². The molecule has 1 saturated heterocycles. The Bertz CT molecular complexity index is 1280. The van der Waals surface area contributed by atoms with Crippen LogP contribution in [0.3, 0.4) is 0 Å². The van der Waals surface area contributed by atoms with E-state index in [1.807, 2.05) is 75.4 Å². The first kappa shape index (κ1) is 24.1. The summed E-state index contributed by atoms with van der Waals surface area (Å²) in [7, 11) is 3.10. The summed E-state index contributed by atoms with van der Waals surface area (Å²) in [6, 6.07) is 20.0. The number of hydrogen-bond acceptors (Lipinski definition) is 4. The molecule has 0 radical (unpaired) electrons. The highest BCUT2D eigenvalue weighted by Gasteiger charge is 2.42. The predicted octanol–water partition coefficient (Wildman–Crippen LogP) is 5.17. The fourth-order valence-corrected chi connectivity index (χ4v) is 4.36. The fraction of sp³-hybridized carbons (Fsp3) is 0.241. The van der Waals surface area contributed by atoms with Crippen molar-refractivity contribution in [2.45, 2.75) is 26.8 Å². The summed E-state index contributed by atoms with van der Waals surface area (Å²) < 4.78 is 10.9. The molecule has 3 aromatic rings. The summed E-state index contributed by atoms with van der Waals surface area (Å²) in [4.78, 5) is 30.9. The second kappa shape index (κ2) is 10.1. The molecule has 3 aromatic carbocycles. The smallest absolute Gasteiger partial charge is 0.255 e. The van der Waals surface area contributed by atoms with Gasteiger partial charge in [0.2, 0.25) is 5.91 Å². The van der Waals surface area contributed by atoms with Crippen LogP contribution < -0.4 is 19.3 Å². The maximum absolute atomic E-state index is 14.1. The number of anilines is 2. The van der Waals surface area contributed by atoms with Gasteiger partial charge in [-0.15, -0.1) is 0 Å². The molecule has 6 heteroatoms. The molecule has 2 amide bonds. The molecule has 1 atom stereocenters. The molecule has 6 nitrogen and oxygen atoms in total. The minimum absolute atomic E-state index is 0.107. The zero-order chi connectivity index (χ0) is 25.1. The van der Waals surface area contributed by atoms with Gasteiger partial charge in [0.15, 0.2) is 0 Å². The van der Waals surface area contributed by atoms with Crippen molar-refractivity contribution in [3.8, 4) is 11.5 Å². The highest BCUT2D eigenvalue weighted by atomic mass is 16.5. The number of hydrogen-bond donors (Lipinski definition) is 0. The van der Waals surface area contributed by atoms with Crippen molar-refractivity contribution in [2.24, 2.45) is 0 Å². The van der Waals surface area contributed by atoms with Crippen LogP contribution >= 0.6 is 0 Å². The summed E-state index contributed by atoms with van der Waals surface area (Å²) >= 11 is 0. The molecular weight excluding hydrogens is 440 g/mol. The van der Waals surface area contributed by atoms with Gasteiger partial charge in [0, 0.05) is 11.8 Å². The lowest BCUT2D eigenvalue weighted by molar-refractivity contribution is -0.127. The standard InChI is InChI=1S/C29H30N2O4/c1-19-11-12-23(16-20(19)2)31-27(32)18-30(25-17-24(34-4)13-14-26(25)35-5)29(33)28(31)21(3)15-22-9-7-6-8-10-22/h6-17,28H,18H2,1-5H3. The zero-order valence-corrected chi connectivity index (χ0v) is 20.7. The SMILES string of the molecule is COc1ccc(OC)c(N2CC(=O)N(c3ccc(C)c(C)c3)C(C(C)=Cc3ccccc3)C2=O)c1. The normalized spacial score (nSPS) is 16.5. The van der Waals surface area contributed by atoms with Crippen LogP contribution in [0.2, 0.25) is 0 Å². The fourth-order valence-electron chi connectivity index (χ4n) is 4.36. The van der Waals surface area contributed by atoms with E-state index >= 15 is 0 Å². The van der Waals surface area contributed by atoms with Crippen LogP contribution in [0.5, 0.6) is 11.5 Å². The quantitative estimate of drug-likeness (QED) is 0.499. The van der Waals surface area contributed by atoms with E-state index in [-0.39, 0.29) is 18.4 Å². The lowest BCUT2D eigenvalue weighted by atomic mass is 9.97. The number of carbonyl (C=O) groups is 2. The van der Waals surface area contributed by atoms with Crippen molar-refractivity contribution >= 4 is 29.3 Å². The molecule has 0 aromatic heterocycles. The van der Waals surface area contributed by atoms with E-state index in [1.165, 1.54) is 4.90 Å². The third-order valence-corrected chi connectivity index (χ3v) is 6.39. The minimum Gasteiger partial charge on any atom is -0.497 e. The Kier molecular flexibility index (Phi) is 6.92. The Hall–Kier alpha value is -4.06. The van der Waals surface area contributed by atoms with E-state index in [9.17, 15) is 9.59 Å². The summed E-state index contributed by atoms with van der Waals surface area (Å²) in [6.07, 6.45) is 1.95. The molecule has 35 heavy (non-hydrogen) atoms. The number of piperazine rings is 1. The summed E-state index contributed by atoms with van der Waals surface area (Å²) in [5, 5.41) is 0. The van der Waals surface area contributed by atoms with Crippen LogP contribution in [0.15, 0.2) is 72.3 Å². The number of nitrogens with zero attached hydrogens (tertiary/aromatic N) is 2. The monoisotopic (exact) mass is 470 g/mol. The van der Waals surface area contributed by atoms with Gasteiger partial charge in [-0.3, -0.25) is 19.4 Å². The molecule has 0 aliphatic carbocycles. The molecule has 1 aliphatic heterocycles. The molecule has 1 unspecified atom stereocenters. The first-order chi connectivity index (χ1) is 16.8. The molecule has 4 rings (SSSR count). The Morgan fingerprint density at radius 3 is 2.31 bits per heavy atom. The highest BCUT2D eigenvalue weighted by Crippen LogP contribution is 2.37. The van der Waals surface area contributed by atoms with Crippen LogP contribution in [0.4, 0.5) is 11.4 Å². The second-order valence-electron chi connectivity index (χ2n) is 8.70. The van der Waals surface area contributed by atoms with Gasteiger partial charge in [-0.05, 0) is 67.3 Å². The number of carbonyl (C=O) groups excluding carboxylic acids is 2. The second-order valence-corrected chi connectivity index (χ2v) is 8.70. The molecule has 1 fully saturated rings. The maximum Gasteiger partial charge on any atom is 0.255 e. The van der Waals surface area contributed by atoms with E-state index in [2.05, 4.69) is 0 Å². The van der Waals surface area contributed by atoms with Gasteiger partial charge in [-0.2, -0.15) is 0 Å². The molecule has 1 heterocycles. The van der Waals surface area contributed by atoms with Crippen molar-refractivity contribution in [2.75, 3.05) is 30.6 Å². The molecule has 1 aliphatic rings. The lowest BCUT2D eigenvalue weighted by Crippen LogP contribution is -2.61. The number of methoxy groups -OCH3 is 2. The van der Waals surface area contributed by atoms with Crippen molar-refractivity contribution in [3.63, 3.8) is 0 Å². The van der Waals surface area contributed by atoms with Gasteiger partial charge in [0.25, 0.3) is 5.91 Å². The summed E-state index contributed by atoms with van der Waals surface area (Å²) in [6.45, 7) is 5.81. The molecular formula is C29H30N2O4. The Morgan fingerprint density at radius 1 is 0.914 bits per heavy atom. The predicted molar refractivity (Wildman–Crippen MR) is 139 cm³/mol. The molecule has 0 N–H and O–H groups in total. The Morgan fingerprint density at radius 2 is 1.66 bits per heavy atom. The largest absolute Gasteiger partial charge is 0.497 e. The highest BCUT2D eigenvalue weighted by molar-refractivity contribution is 6.16. The number of rotatable bonds is 6. The van der Waals surface area contributed by atoms with E-state index in [0.29, 0.717) is 22.9 Å². The average molecular weight is 471 g/mol. The van der Waals surface area contributed by atoms with E-state index in [1.54, 1.807) is 37.3 Å². The average Bonchev–Trinajstić information content (AvgIpc) is 2.86. The van der Waals surface area contributed by atoms with Crippen molar-refractivity contribution in [1.82, 2.24) is 0 Å². The minimum atomic E-state index is -0.811. The number of amides is 2. The van der Waals surface area contributed by atoms with Crippen molar-refractivity contribution in [3.05, 3.63) is 89.0 Å². The maximum atomic E-state index is 14.1. The van der Waals surface area contributed by atoms with E-state index in [0.717, 1.165) is 22.3 Å².